The van der Waals surface area contributed by atoms with Gasteiger partial charge in [0.15, 0.2) is 0 Å². The highest BCUT2D eigenvalue weighted by atomic mass is 16.5. The van der Waals surface area contributed by atoms with Gasteiger partial charge >= 0.3 is 0 Å². The van der Waals surface area contributed by atoms with E-state index in [-0.39, 0.29) is 17.7 Å². The first-order chi connectivity index (χ1) is 11.5. The fourth-order valence-electron chi connectivity index (χ4n) is 2.10. The molecule has 0 aliphatic carbocycles. The van der Waals surface area contributed by atoms with Gasteiger partial charge in [-0.1, -0.05) is 44.2 Å². The molecule has 2 N–H and O–H groups in total. The fourth-order valence-corrected chi connectivity index (χ4v) is 2.10. The molecule has 5 nitrogen and oxygen atoms in total. The first-order valence-corrected chi connectivity index (χ1v) is 7.82. The summed E-state index contributed by atoms with van der Waals surface area (Å²) < 4.78 is 5.24. The monoisotopic (exact) mass is 326 g/mol. The Kier molecular flexibility index (Phi) is 5.95. The van der Waals surface area contributed by atoms with Gasteiger partial charge in [0, 0.05) is 18.0 Å². The number of carbonyl (C=O) groups is 2. The standard InChI is InChI=1S/C19H22N2O3/c1-13(2)18(22)21-16-11-15(9-10-17(16)24-3)19(23)20-12-14-7-5-4-6-8-14/h4-11,13H,12H2,1-3H3,(H,20,23)(H,21,22). The van der Waals surface area contributed by atoms with Gasteiger partial charge in [0.1, 0.15) is 5.75 Å². The van der Waals surface area contributed by atoms with E-state index >= 15 is 0 Å². The van der Waals surface area contributed by atoms with Crippen molar-refractivity contribution in [3.8, 4) is 5.75 Å². The smallest absolute Gasteiger partial charge is 0.251 e. The Balaban J connectivity index is 2.12. The quantitative estimate of drug-likeness (QED) is 0.856. The summed E-state index contributed by atoms with van der Waals surface area (Å²) in [5.41, 5.74) is 1.97. The van der Waals surface area contributed by atoms with Crippen LogP contribution in [0.3, 0.4) is 0 Å². The normalized spacial score (nSPS) is 10.3. The Labute approximate surface area is 142 Å². The minimum atomic E-state index is -0.207. The minimum Gasteiger partial charge on any atom is -0.495 e. The van der Waals surface area contributed by atoms with Gasteiger partial charge < -0.3 is 15.4 Å². The number of benzene rings is 2. The summed E-state index contributed by atoms with van der Waals surface area (Å²) in [4.78, 5) is 24.2. The third-order valence-electron chi connectivity index (χ3n) is 3.54. The van der Waals surface area contributed by atoms with Crippen LogP contribution in [0.25, 0.3) is 0 Å². The van der Waals surface area contributed by atoms with Crippen molar-refractivity contribution in [1.29, 1.82) is 0 Å². The fraction of sp³-hybridized carbons (Fsp3) is 0.263. The van der Waals surface area contributed by atoms with Gasteiger partial charge in [-0.15, -0.1) is 0 Å². The van der Waals surface area contributed by atoms with Crippen LogP contribution in [0.1, 0.15) is 29.8 Å². The van der Waals surface area contributed by atoms with Crippen LogP contribution >= 0.6 is 0 Å². The molecule has 0 spiro atoms. The summed E-state index contributed by atoms with van der Waals surface area (Å²) in [7, 11) is 1.52. The molecule has 0 aliphatic heterocycles. The van der Waals surface area contributed by atoms with Crippen LogP contribution in [0.2, 0.25) is 0 Å². The molecule has 0 radical (unpaired) electrons. The van der Waals surface area contributed by atoms with E-state index < -0.39 is 0 Å². The zero-order valence-corrected chi connectivity index (χ0v) is 14.1. The zero-order chi connectivity index (χ0) is 17.5. The maximum absolute atomic E-state index is 12.3. The summed E-state index contributed by atoms with van der Waals surface area (Å²) in [5.74, 6) is 0.0191. The number of hydrogen-bond acceptors (Lipinski definition) is 3. The van der Waals surface area contributed by atoms with Gasteiger partial charge in [-0.05, 0) is 23.8 Å². The number of rotatable bonds is 6. The Hall–Kier alpha value is -2.82. The third kappa shape index (κ3) is 4.59. The van der Waals surface area contributed by atoms with Crippen molar-refractivity contribution in [3.63, 3.8) is 0 Å². The predicted molar refractivity (Wildman–Crippen MR) is 94.1 cm³/mol. The van der Waals surface area contributed by atoms with Crippen molar-refractivity contribution in [1.82, 2.24) is 5.32 Å². The van der Waals surface area contributed by atoms with E-state index in [2.05, 4.69) is 10.6 Å². The van der Waals surface area contributed by atoms with Crippen LogP contribution in [0.15, 0.2) is 48.5 Å². The molecule has 0 fully saturated rings. The number of hydrogen-bond donors (Lipinski definition) is 2. The topological polar surface area (TPSA) is 67.4 Å². The van der Waals surface area contributed by atoms with Gasteiger partial charge in [0.25, 0.3) is 5.91 Å². The third-order valence-corrected chi connectivity index (χ3v) is 3.54. The number of nitrogens with one attached hydrogen (secondary N) is 2. The number of methoxy groups -OCH3 is 1. The lowest BCUT2D eigenvalue weighted by Gasteiger charge is -2.13. The molecule has 0 heterocycles. The van der Waals surface area contributed by atoms with E-state index in [4.69, 9.17) is 4.74 Å². The number of ether oxygens (including phenoxy) is 1. The lowest BCUT2D eigenvalue weighted by Crippen LogP contribution is -2.23. The molecule has 0 atom stereocenters. The molecule has 126 valence electrons. The largest absolute Gasteiger partial charge is 0.495 e. The highest BCUT2D eigenvalue weighted by Crippen LogP contribution is 2.26. The van der Waals surface area contributed by atoms with Gasteiger partial charge in [-0.25, -0.2) is 0 Å². The summed E-state index contributed by atoms with van der Waals surface area (Å²) in [6.45, 7) is 4.05. The first kappa shape index (κ1) is 17.5. The lowest BCUT2D eigenvalue weighted by atomic mass is 10.1. The second-order valence-corrected chi connectivity index (χ2v) is 5.73. The second-order valence-electron chi connectivity index (χ2n) is 5.73. The molecule has 5 heteroatoms. The minimum absolute atomic E-state index is 0.129. The summed E-state index contributed by atoms with van der Waals surface area (Å²) in [5, 5.41) is 5.65. The van der Waals surface area contributed by atoms with E-state index in [1.807, 2.05) is 30.3 Å². The molecule has 24 heavy (non-hydrogen) atoms. The molecule has 0 bridgehead atoms. The van der Waals surface area contributed by atoms with E-state index in [0.717, 1.165) is 5.56 Å². The van der Waals surface area contributed by atoms with Crippen LogP contribution in [-0.2, 0) is 11.3 Å². The van der Waals surface area contributed by atoms with Crippen molar-refractivity contribution in [3.05, 3.63) is 59.7 Å². The Bertz CT molecular complexity index is 712. The molecule has 0 saturated carbocycles. The average molecular weight is 326 g/mol. The number of carbonyl (C=O) groups excluding carboxylic acids is 2. The molecule has 2 rings (SSSR count). The van der Waals surface area contributed by atoms with E-state index in [1.54, 1.807) is 32.0 Å². The van der Waals surface area contributed by atoms with E-state index in [0.29, 0.717) is 23.5 Å². The Morgan fingerprint density at radius 3 is 2.42 bits per heavy atom. The molecule has 0 unspecified atom stereocenters. The zero-order valence-electron chi connectivity index (χ0n) is 14.1. The van der Waals surface area contributed by atoms with Gasteiger partial charge in [-0.3, -0.25) is 9.59 Å². The van der Waals surface area contributed by atoms with Crippen molar-refractivity contribution >= 4 is 17.5 Å². The Morgan fingerprint density at radius 2 is 1.79 bits per heavy atom. The summed E-state index contributed by atoms with van der Waals surface area (Å²) >= 11 is 0. The maximum Gasteiger partial charge on any atom is 0.251 e. The number of anilines is 1. The van der Waals surface area contributed by atoms with Crippen molar-refractivity contribution in [2.75, 3.05) is 12.4 Å². The van der Waals surface area contributed by atoms with E-state index in [9.17, 15) is 9.59 Å². The van der Waals surface area contributed by atoms with Crippen molar-refractivity contribution in [2.45, 2.75) is 20.4 Å². The van der Waals surface area contributed by atoms with Crippen LogP contribution in [-0.4, -0.2) is 18.9 Å². The van der Waals surface area contributed by atoms with Gasteiger partial charge in [0.05, 0.1) is 12.8 Å². The van der Waals surface area contributed by atoms with Crippen LogP contribution < -0.4 is 15.4 Å². The summed E-state index contributed by atoms with van der Waals surface area (Å²) in [6, 6.07) is 14.6. The lowest BCUT2D eigenvalue weighted by molar-refractivity contribution is -0.118. The highest BCUT2D eigenvalue weighted by Gasteiger charge is 2.14. The SMILES string of the molecule is COc1ccc(C(=O)NCc2ccccc2)cc1NC(=O)C(C)C. The van der Waals surface area contributed by atoms with Crippen LogP contribution in [0, 0.1) is 5.92 Å². The van der Waals surface area contributed by atoms with Crippen LogP contribution in [0.5, 0.6) is 5.75 Å². The number of amides is 2. The van der Waals surface area contributed by atoms with Crippen LogP contribution in [0.4, 0.5) is 5.69 Å². The van der Waals surface area contributed by atoms with E-state index in [1.165, 1.54) is 7.11 Å². The summed E-state index contributed by atoms with van der Waals surface area (Å²) in [6.07, 6.45) is 0. The van der Waals surface area contributed by atoms with Crippen molar-refractivity contribution in [2.24, 2.45) is 5.92 Å². The molecule has 0 aromatic heterocycles. The van der Waals surface area contributed by atoms with Crippen molar-refractivity contribution < 1.29 is 14.3 Å². The second kappa shape index (κ2) is 8.15. The molecule has 2 amide bonds. The Morgan fingerprint density at radius 1 is 1.08 bits per heavy atom. The molecule has 2 aromatic carbocycles. The van der Waals surface area contributed by atoms with Gasteiger partial charge in [0.2, 0.25) is 5.91 Å². The molecule has 2 aromatic rings. The van der Waals surface area contributed by atoms with Gasteiger partial charge in [-0.2, -0.15) is 0 Å². The molecule has 0 aliphatic rings. The maximum atomic E-state index is 12.3. The molecule has 0 saturated heterocycles. The predicted octanol–water partition coefficient (Wildman–Crippen LogP) is 3.22. The highest BCUT2D eigenvalue weighted by molar-refractivity contribution is 5.98. The average Bonchev–Trinajstić information content (AvgIpc) is 2.60. The first-order valence-electron chi connectivity index (χ1n) is 7.82. The molecular weight excluding hydrogens is 304 g/mol. The molecular formula is C19H22N2O3.